The quantitative estimate of drug-likeness (QED) is 0.717. The molecule has 0 saturated carbocycles. The number of Topliss-reactive ketones (excluding diaryl/α,β-unsaturated/α-hetero) is 1. The van der Waals surface area contributed by atoms with Crippen LogP contribution in [0.2, 0.25) is 0 Å². The Balaban J connectivity index is 1.85. The highest BCUT2D eigenvalue weighted by Gasteiger charge is 2.29. The van der Waals surface area contributed by atoms with Crippen LogP contribution in [0.3, 0.4) is 0 Å². The number of carbonyl (C=O) groups excluding carboxylic acids is 1. The van der Waals surface area contributed by atoms with Crippen LogP contribution in [-0.2, 0) is 9.53 Å². The summed E-state index contributed by atoms with van der Waals surface area (Å²) in [5.41, 5.74) is 0. The van der Waals surface area contributed by atoms with Crippen LogP contribution in [0.1, 0.15) is 25.7 Å². The van der Waals surface area contributed by atoms with Crippen molar-refractivity contribution in [1.29, 1.82) is 0 Å². The molecule has 3 heteroatoms. The van der Waals surface area contributed by atoms with Crippen LogP contribution in [0.15, 0.2) is 0 Å². The van der Waals surface area contributed by atoms with Crippen molar-refractivity contribution in [2.45, 2.75) is 25.7 Å². The van der Waals surface area contributed by atoms with E-state index in [4.69, 9.17) is 4.74 Å². The second-order valence-electron chi connectivity index (χ2n) is 4.36. The van der Waals surface area contributed by atoms with Gasteiger partial charge in [0.2, 0.25) is 0 Å². The summed E-state index contributed by atoms with van der Waals surface area (Å²) in [5.74, 6) is 0.890. The smallest absolute Gasteiger partial charge is 0.142 e. The fourth-order valence-corrected chi connectivity index (χ4v) is 2.39. The summed E-state index contributed by atoms with van der Waals surface area (Å²) in [4.78, 5) is 12.0. The standard InChI is InChI=1S/C11H19NO2/c13-11(9-3-1-5-12-7-9)10-4-2-6-14-8-10/h9-10,12H,1-8H2/t9-,10+/m1/s1. The zero-order valence-corrected chi connectivity index (χ0v) is 8.63. The minimum absolute atomic E-state index is 0.189. The molecule has 2 rings (SSSR count). The van der Waals surface area contributed by atoms with Crippen molar-refractivity contribution in [1.82, 2.24) is 5.32 Å². The molecule has 0 aliphatic carbocycles. The van der Waals surface area contributed by atoms with Crippen molar-refractivity contribution in [3.8, 4) is 0 Å². The first kappa shape index (κ1) is 10.1. The Morgan fingerprint density at radius 1 is 1.21 bits per heavy atom. The van der Waals surface area contributed by atoms with E-state index in [0.717, 1.165) is 45.4 Å². The zero-order valence-electron chi connectivity index (χ0n) is 8.63. The van der Waals surface area contributed by atoms with Crippen LogP contribution in [0.5, 0.6) is 0 Å². The SMILES string of the molecule is O=C([C@@H]1CCCNC1)[C@H]1CCCOC1. The van der Waals surface area contributed by atoms with Gasteiger partial charge in [-0.05, 0) is 32.2 Å². The molecule has 14 heavy (non-hydrogen) atoms. The third-order valence-electron chi connectivity index (χ3n) is 3.26. The molecule has 2 aliphatic rings. The first-order valence-electron chi connectivity index (χ1n) is 5.70. The normalized spacial score (nSPS) is 34.0. The van der Waals surface area contributed by atoms with E-state index in [1.165, 1.54) is 0 Å². The molecule has 0 aromatic heterocycles. The fourth-order valence-electron chi connectivity index (χ4n) is 2.39. The molecule has 0 aromatic rings. The van der Waals surface area contributed by atoms with E-state index >= 15 is 0 Å². The van der Waals surface area contributed by atoms with Gasteiger partial charge in [-0.25, -0.2) is 0 Å². The molecule has 2 fully saturated rings. The van der Waals surface area contributed by atoms with Crippen LogP contribution in [-0.4, -0.2) is 32.1 Å². The van der Waals surface area contributed by atoms with Crippen molar-refractivity contribution in [2.24, 2.45) is 11.8 Å². The predicted molar refractivity (Wildman–Crippen MR) is 54.1 cm³/mol. The maximum Gasteiger partial charge on any atom is 0.142 e. The molecule has 2 aliphatic heterocycles. The number of hydrogen-bond acceptors (Lipinski definition) is 3. The molecule has 0 aromatic carbocycles. The minimum atomic E-state index is 0.189. The van der Waals surface area contributed by atoms with Crippen LogP contribution in [0.4, 0.5) is 0 Å². The Kier molecular flexibility index (Phi) is 3.54. The second kappa shape index (κ2) is 4.89. The summed E-state index contributed by atoms with van der Waals surface area (Å²) in [7, 11) is 0. The number of nitrogens with one attached hydrogen (secondary N) is 1. The van der Waals surface area contributed by atoms with Crippen LogP contribution < -0.4 is 5.32 Å². The predicted octanol–water partition coefficient (Wildman–Crippen LogP) is 0.982. The molecule has 2 atom stereocenters. The van der Waals surface area contributed by atoms with Crippen molar-refractivity contribution < 1.29 is 9.53 Å². The lowest BCUT2D eigenvalue weighted by molar-refractivity contribution is -0.131. The van der Waals surface area contributed by atoms with Crippen molar-refractivity contribution >= 4 is 5.78 Å². The summed E-state index contributed by atoms with van der Waals surface area (Å²) < 4.78 is 5.35. The van der Waals surface area contributed by atoms with Gasteiger partial charge in [0, 0.05) is 25.0 Å². The molecule has 0 radical (unpaired) electrons. The van der Waals surface area contributed by atoms with Crippen LogP contribution in [0, 0.1) is 11.8 Å². The molecule has 0 unspecified atom stereocenters. The number of rotatable bonds is 2. The summed E-state index contributed by atoms with van der Waals surface area (Å²) >= 11 is 0. The Hall–Kier alpha value is -0.410. The molecule has 3 nitrogen and oxygen atoms in total. The van der Waals surface area contributed by atoms with Gasteiger partial charge in [-0.15, -0.1) is 0 Å². The average Bonchev–Trinajstić information content (AvgIpc) is 2.30. The van der Waals surface area contributed by atoms with Gasteiger partial charge in [0.15, 0.2) is 0 Å². The molecule has 1 N–H and O–H groups in total. The summed E-state index contributed by atoms with van der Waals surface area (Å²) in [6.07, 6.45) is 4.30. The highest BCUT2D eigenvalue weighted by Crippen LogP contribution is 2.22. The molecule has 2 heterocycles. The van der Waals surface area contributed by atoms with E-state index in [1.807, 2.05) is 0 Å². The van der Waals surface area contributed by atoms with Gasteiger partial charge in [0.25, 0.3) is 0 Å². The average molecular weight is 197 g/mol. The molecular formula is C11H19NO2. The Bertz CT molecular complexity index is 173. The number of ether oxygens (including phenoxy) is 1. The second-order valence-corrected chi connectivity index (χ2v) is 4.36. The lowest BCUT2D eigenvalue weighted by Gasteiger charge is -2.28. The van der Waals surface area contributed by atoms with Gasteiger partial charge in [-0.1, -0.05) is 0 Å². The number of ketones is 1. The fraction of sp³-hybridized carbons (Fsp3) is 0.909. The number of carbonyl (C=O) groups is 1. The van der Waals surface area contributed by atoms with Gasteiger partial charge in [-0.2, -0.15) is 0 Å². The lowest BCUT2D eigenvalue weighted by atomic mass is 9.85. The van der Waals surface area contributed by atoms with Crippen LogP contribution >= 0.6 is 0 Å². The van der Waals surface area contributed by atoms with E-state index in [-0.39, 0.29) is 11.8 Å². The van der Waals surface area contributed by atoms with E-state index in [9.17, 15) is 4.79 Å². The van der Waals surface area contributed by atoms with E-state index in [1.54, 1.807) is 0 Å². The van der Waals surface area contributed by atoms with Gasteiger partial charge in [0.05, 0.1) is 6.61 Å². The van der Waals surface area contributed by atoms with Crippen molar-refractivity contribution in [3.05, 3.63) is 0 Å². The molecule has 80 valence electrons. The number of hydrogen-bond donors (Lipinski definition) is 1. The van der Waals surface area contributed by atoms with E-state index in [0.29, 0.717) is 12.4 Å². The topological polar surface area (TPSA) is 38.3 Å². The monoisotopic (exact) mass is 197 g/mol. The van der Waals surface area contributed by atoms with E-state index < -0.39 is 0 Å². The first-order valence-corrected chi connectivity index (χ1v) is 5.70. The molecule has 0 bridgehead atoms. The van der Waals surface area contributed by atoms with Crippen molar-refractivity contribution in [3.63, 3.8) is 0 Å². The van der Waals surface area contributed by atoms with Gasteiger partial charge in [-0.3, -0.25) is 4.79 Å². The maximum atomic E-state index is 12.0. The molecular weight excluding hydrogens is 178 g/mol. The molecule has 0 spiro atoms. The lowest BCUT2D eigenvalue weighted by Crippen LogP contribution is -2.39. The summed E-state index contributed by atoms with van der Waals surface area (Å²) in [6, 6.07) is 0. The van der Waals surface area contributed by atoms with Gasteiger partial charge in [0.1, 0.15) is 5.78 Å². The first-order chi connectivity index (χ1) is 6.88. The maximum absolute atomic E-state index is 12.0. The Morgan fingerprint density at radius 2 is 2.07 bits per heavy atom. The Morgan fingerprint density at radius 3 is 2.71 bits per heavy atom. The molecule has 2 saturated heterocycles. The highest BCUT2D eigenvalue weighted by molar-refractivity contribution is 5.83. The number of piperidine rings is 1. The van der Waals surface area contributed by atoms with E-state index in [2.05, 4.69) is 5.32 Å². The third kappa shape index (κ3) is 2.34. The van der Waals surface area contributed by atoms with Gasteiger partial charge >= 0.3 is 0 Å². The summed E-state index contributed by atoms with van der Waals surface area (Å²) in [6.45, 7) is 3.46. The third-order valence-corrected chi connectivity index (χ3v) is 3.26. The molecule has 0 amide bonds. The van der Waals surface area contributed by atoms with Crippen molar-refractivity contribution in [2.75, 3.05) is 26.3 Å². The van der Waals surface area contributed by atoms with Gasteiger partial charge < -0.3 is 10.1 Å². The highest BCUT2D eigenvalue weighted by atomic mass is 16.5. The largest absolute Gasteiger partial charge is 0.381 e. The minimum Gasteiger partial charge on any atom is -0.381 e. The Labute approximate surface area is 85.2 Å². The van der Waals surface area contributed by atoms with Crippen LogP contribution in [0.25, 0.3) is 0 Å². The summed E-state index contributed by atoms with van der Waals surface area (Å²) in [5, 5.41) is 3.29. The zero-order chi connectivity index (χ0) is 9.80.